The Labute approximate surface area is 209 Å². The molecule has 2 heterocycles. The fourth-order valence-electron chi connectivity index (χ4n) is 6.14. The Balaban J connectivity index is 1.58. The second kappa shape index (κ2) is 11.1. The van der Waals surface area contributed by atoms with Crippen LogP contribution in [0.1, 0.15) is 81.1 Å². The number of nitrogens with one attached hydrogen (secondary N) is 1. The number of aryl methyl sites for hydroxylation is 1. The van der Waals surface area contributed by atoms with E-state index < -0.39 is 0 Å². The number of ketones is 2. The number of amides is 1. The Bertz CT molecular complexity index is 1080. The molecule has 1 amide bonds. The number of carbonyl (C=O) groups is 3. The number of nitrogens with zero attached hydrogens (tertiary/aromatic N) is 2. The summed E-state index contributed by atoms with van der Waals surface area (Å²) in [6, 6.07) is 6.09. The van der Waals surface area contributed by atoms with Crippen molar-refractivity contribution in [3.8, 4) is 0 Å². The molecule has 35 heavy (non-hydrogen) atoms. The minimum Gasteiger partial charge on any atom is -0.345 e. The lowest BCUT2D eigenvalue weighted by Crippen LogP contribution is -2.45. The molecule has 0 radical (unpaired) electrons. The highest BCUT2D eigenvalue weighted by molar-refractivity contribution is 6.07. The third-order valence-electron chi connectivity index (χ3n) is 8.36. The SMILES string of the molecule is CN[C@@H](C)C(=O)C[C@H](C(=O)N1CCC[C@H]1Cn1cc(C(C)=O)c2cc(C)ccc21)C1CCCCC1. The van der Waals surface area contributed by atoms with Crippen LogP contribution in [0.15, 0.2) is 24.4 Å². The van der Waals surface area contributed by atoms with Crippen molar-refractivity contribution in [3.63, 3.8) is 0 Å². The van der Waals surface area contributed by atoms with E-state index in [1.165, 1.54) is 6.42 Å². The summed E-state index contributed by atoms with van der Waals surface area (Å²) in [7, 11) is 1.80. The van der Waals surface area contributed by atoms with Gasteiger partial charge in [-0.15, -0.1) is 0 Å². The molecule has 4 rings (SSSR count). The zero-order valence-electron chi connectivity index (χ0n) is 21.8. The number of benzene rings is 1. The predicted molar refractivity (Wildman–Crippen MR) is 140 cm³/mol. The van der Waals surface area contributed by atoms with Crippen LogP contribution in [0.3, 0.4) is 0 Å². The van der Waals surface area contributed by atoms with Crippen molar-refractivity contribution in [2.24, 2.45) is 11.8 Å². The number of carbonyl (C=O) groups excluding carboxylic acids is 3. The topological polar surface area (TPSA) is 71.4 Å². The monoisotopic (exact) mass is 479 g/mol. The van der Waals surface area contributed by atoms with Crippen molar-refractivity contribution in [2.75, 3.05) is 13.6 Å². The number of likely N-dealkylation sites (tertiary alicyclic amines) is 1. The summed E-state index contributed by atoms with van der Waals surface area (Å²) in [5, 5.41) is 4.04. The second-order valence-electron chi connectivity index (χ2n) is 10.8. The van der Waals surface area contributed by atoms with Gasteiger partial charge in [-0.2, -0.15) is 0 Å². The molecule has 2 fully saturated rings. The first-order valence-electron chi connectivity index (χ1n) is 13.4. The van der Waals surface area contributed by atoms with Crippen LogP contribution in [0.4, 0.5) is 0 Å². The van der Waals surface area contributed by atoms with Crippen LogP contribution in [0.25, 0.3) is 10.9 Å². The van der Waals surface area contributed by atoms with Crippen LogP contribution < -0.4 is 5.32 Å². The van der Waals surface area contributed by atoms with E-state index in [1.807, 2.05) is 20.0 Å². The number of fused-ring (bicyclic) bond motifs is 1. The highest BCUT2D eigenvalue weighted by Gasteiger charge is 2.39. The number of hydrogen-bond donors (Lipinski definition) is 1. The van der Waals surface area contributed by atoms with Crippen LogP contribution in [0.2, 0.25) is 0 Å². The van der Waals surface area contributed by atoms with Crippen molar-refractivity contribution in [3.05, 3.63) is 35.5 Å². The van der Waals surface area contributed by atoms with Crippen molar-refractivity contribution < 1.29 is 14.4 Å². The van der Waals surface area contributed by atoms with E-state index in [4.69, 9.17) is 0 Å². The number of Topliss-reactive ketones (excluding diaryl/α,β-unsaturated/α-hetero) is 2. The molecule has 0 spiro atoms. The van der Waals surface area contributed by atoms with E-state index in [0.717, 1.165) is 67.1 Å². The van der Waals surface area contributed by atoms with Gasteiger partial charge in [0.05, 0.1) is 6.04 Å². The van der Waals surface area contributed by atoms with Crippen LogP contribution in [0.5, 0.6) is 0 Å². The lowest BCUT2D eigenvalue weighted by molar-refractivity contribution is -0.141. The number of likely N-dealkylation sites (N-methyl/N-ethyl adjacent to an activating group) is 1. The first-order valence-corrected chi connectivity index (χ1v) is 13.4. The molecule has 3 atom stereocenters. The molecule has 1 saturated heterocycles. The molecule has 1 aliphatic carbocycles. The minimum absolute atomic E-state index is 0.0632. The molecule has 1 aromatic heterocycles. The average Bonchev–Trinajstić information content (AvgIpc) is 3.46. The van der Waals surface area contributed by atoms with Gasteiger partial charge in [-0.05, 0) is 71.6 Å². The summed E-state index contributed by atoms with van der Waals surface area (Å²) in [4.78, 5) is 41.3. The lowest BCUT2D eigenvalue weighted by atomic mass is 9.76. The molecular formula is C29H41N3O3. The molecule has 6 heteroatoms. The second-order valence-corrected chi connectivity index (χ2v) is 10.8. The van der Waals surface area contributed by atoms with Gasteiger partial charge >= 0.3 is 0 Å². The van der Waals surface area contributed by atoms with E-state index >= 15 is 0 Å². The van der Waals surface area contributed by atoms with Gasteiger partial charge in [-0.25, -0.2) is 0 Å². The normalized spacial score (nSPS) is 20.8. The van der Waals surface area contributed by atoms with Gasteiger partial charge in [0.1, 0.15) is 5.78 Å². The van der Waals surface area contributed by atoms with Gasteiger partial charge in [0.2, 0.25) is 5.91 Å². The Morgan fingerprint density at radius 1 is 1.09 bits per heavy atom. The highest BCUT2D eigenvalue weighted by Crippen LogP contribution is 2.35. The fourth-order valence-corrected chi connectivity index (χ4v) is 6.14. The van der Waals surface area contributed by atoms with Gasteiger partial charge in [0, 0.05) is 54.1 Å². The fraction of sp³-hybridized carbons (Fsp3) is 0.621. The van der Waals surface area contributed by atoms with E-state index in [1.54, 1.807) is 14.0 Å². The molecule has 0 unspecified atom stereocenters. The van der Waals surface area contributed by atoms with E-state index in [9.17, 15) is 14.4 Å². The van der Waals surface area contributed by atoms with Gasteiger partial charge < -0.3 is 14.8 Å². The Morgan fingerprint density at radius 3 is 2.51 bits per heavy atom. The molecular weight excluding hydrogens is 438 g/mol. The maximum atomic E-state index is 14.0. The van der Waals surface area contributed by atoms with Crippen molar-refractivity contribution in [2.45, 2.75) is 90.8 Å². The summed E-state index contributed by atoms with van der Waals surface area (Å²) in [5.41, 5.74) is 2.92. The highest BCUT2D eigenvalue weighted by atomic mass is 16.2. The summed E-state index contributed by atoms with van der Waals surface area (Å²) >= 11 is 0. The van der Waals surface area contributed by atoms with Crippen LogP contribution in [0, 0.1) is 18.8 Å². The van der Waals surface area contributed by atoms with Gasteiger partial charge in [-0.3, -0.25) is 14.4 Å². The standard InChI is InChI=1S/C29H41N3O3/c1-19-12-13-27-25(15-19)26(21(3)33)18-31(27)17-23-11-8-14-32(23)29(35)24(16-28(34)20(2)30-4)22-9-6-5-7-10-22/h12-13,15,18,20,22-24,30H,5-11,14,16-17H2,1-4H3/t20-,23-,24-/m0/s1. The average molecular weight is 480 g/mol. The van der Waals surface area contributed by atoms with Crippen molar-refractivity contribution in [1.29, 1.82) is 0 Å². The largest absolute Gasteiger partial charge is 0.345 e. The summed E-state index contributed by atoms with van der Waals surface area (Å²) in [6.45, 7) is 6.97. The maximum Gasteiger partial charge on any atom is 0.226 e. The molecule has 1 saturated carbocycles. The summed E-state index contributed by atoms with van der Waals surface area (Å²) in [6.07, 6.45) is 9.83. The van der Waals surface area contributed by atoms with Crippen LogP contribution in [-0.2, 0) is 16.1 Å². The number of aromatic nitrogens is 1. The molecule has 1 N–H and O–H groups in total. The summed E-state index contributed by atoms with van der Waals surface area (Å²) < 4.78 is 2.16. The zero-order chi connectivity index (χ0) is 25.1. The van der Waals surface area contributed by atoms with Crippen molar-refractivity contribution >= 4 is 28.4 Å². The molecule has 6 nitrogen and oxygen atoms in total. The molecule has 190 valence electrons. The van der Waals surface area contributed by atoms with Crippen LogP contribution >= 0.6 is 0 Å². The third-order valence-corrected chi connectivity index (χ3v) is 8.36. The molecule has 2 aromatic rings. The predicted octanol–water partition coefficient (Wildman–Crippen LogP) is 4.91. The Hall–Kier alpha value is -2.47. The molecule has 1 aliphatic heterocycles. The van der Waals surface area contributed by atoms with E-state index in [0.29, 0.717) is 18.9 Å². The third kappa shape index (κ3) is 5.53. The quantitative estimate of drug-likeness (QED) is 0.519. The molecule has 0 bridgehead atoms. The molecule has 2 aliphatic rings. The number of rotatable bonds is 9. The first kappa shape index (κ1) is 25.6. The Kier molecular flexibility index (Phi) is 8.10. The Morgan fingerprint density at radius 2 is 1.83 bits per heavy atom. The summed E-state index contributed by atoms with van der Waals surface area (Å²) in [5.74, 6) is 0.426. The van der Waals surface area contributed by atoms with Gasteiger partial charge in [0.25, 0.3) is 0 Å². The van der Waals surface area contributed by atoms with Crippen LogP contribution in [-0.4, -0.2) is 52.6 Å². The van der Waals surface area contributed by atoms with Gasteiger partial charge in [0.15, 0.2) is 5.78 Å². The number of hydrogen-bond acceptors (Lipinski definition) is 4. The van der Waals surface area contributed by atoms with E-state index in [2.05, 4.69) is 33.0 Å². The van der Waals surface area contributed by atoms with E-state index in [-0.39, 0.29) is 35.5 Å². The van der Waals surface area contributed by atoms with Gasteiger partial charge in [-0.1, -0.05) is 30.9 Å². The van der Waals surface area contributed by atoms with Crippen molar-refractivity contribution in [1.82, 2.24) is 14.8 Å². The maximum absolute atomic E-state index is 14.0. The first-order chi connectivity index (χ1) is 16.8. The smallest absolute Gasteiger partial charge is 0.226 e. The zero-order valence-corrected chi connectivity index (χ0v) is 21.8. The lowest BCUT2D eigenvalue weighted by Gasteiger charge is -2.35. The molecule has 1 aromatic carbocycles. The minimum atomic E-state index is -0.233.